The van der Waals surface area contributed by atoms with Crippen LogP contribution in [0.15, 0.2) is 0 Å². The molecular weight excluding hydrogens is 214 g/mol. The largest absolute Gasteiger partial charge is 0.335 e. The van der Waals surface area contributed by atoms with Crippen LogP contribution in [0.5, 0.6) is 0 Å². The number of piperidine rings is 1. The second kappa shape index (κ2) is 6.13. The number of nitrogens with one attached hydrogen (secondary N) is 1. The molecule has 0 aromatic heterocycles. The van der Waals surface area contributed by atoms with Crippen LogP contribution in [0, 0.1) is 5.92 Å². The maximum absolute atomic E-state index is 12.4. The highest BCUT2D eigenvalue weighted by atomic mass is 19.3. The van der Waals surface area contributed by atoms with Gasteiger partial charge in [0.2, 0.25) is 0 Å². The summed E-state index contributed by atoms with van der Waals surface area (Å²) in [4.78, 5) is 12.6. The molecule has 16 heavy (non-hydrogen) atoms. The number of rotatable bonds is 4. The predicted molar refractivity (Wildman–Crippen MR) is 58.4 cm³/mol. The predicted octanol–water partition coefficient (Wildman–Crippen LogP) is 1.49. The van der Waals surface area contributed by atoms with Crippen molar-refractivity contribution in [2.24, 2.45) is 5.92 Å². The van der Waals surface area contributed by atoms with Crippen molar-refractivity contribution in [2.75, 3.05) is 19.6 Å². The van der Waals surface area contributed by atoms with Crippen LogP contribution in [-0.2, 0) is 4.79 Å². The van der Waals surface area contributed by atoms with E-state index in [1.807, 2.05) is 0 Å². The maximum atomic E-state index is 12.4. The minimum atomic E-state index is -2.89. The van der Waals surface area contributed by atoms with Gasteiger partial charge in [-0.05, 0) is 45.7 Å². The van der Waals surface area contributed by atoms with E-state index in [1.54, 1.807) is 13.8 Å². The lowest BCUT2D eigenvalue weighted by molar-refractivity contribution is -0.145. The normalized spacial score (nSPS) is 21.5. The molecular formula is C11H20F2N2O. The van der Waals surface area contributed by atoms with Crippen molar-refractivity contribution in [2.45, 2.75) is 39.2 Å². The Bertz CT molecular complexity index is 228. The summed E-state index contributed by atoms with van der Waals surface area (Å²) in [6.45, 7) is 5.79. The average Bonchev–Trinajstić information content (AvgIpc) is 2.26. The minimum absolute atomic E-state index is 0.163. The molecule has 1 fully saturated rings. The molecule has 1 saturated heterocycles. The van der Waals surface area contributed by atoms with Gasteiger partial charge in [0.25, 0.3) is 5.91 Å². The number of hydrogen-bond donors (Lipinski definition) is 1. The van der Waals surface area contributed by atoms with Gasteiger partial charge in [-0.3, -0.25) is 4.79 Å². The van der Waals surface area contributed by atoms with E-state index in [4.69, 9.17) is 0 Å². The van der Waals surface area contributed by atoms with E-state index >= 15 is 0 Å². The third-order valence-corrected chi connectivity index (χ3v) is 2.95. The van der Waals surface area contributed by atoms with Crippen molar-refractivity contribution in [1.82, 2.24) is 10.2 Å². The van der Waals surface area contributed by atoms with Crippen molar-refractivity contribution in [3.63, 3.8) is 0 Å². The first-order valence-corrected chi connectivity index (χ1v) is 5.81. The molecule has 1 aliphatic rings. The number of carbonyl (C=O) groups is 1. The number of hydrogen-bond acceptors (Lipinski definition) is 2. The van der Waals surface area contributed by atoms with Crippen LogP contribution in [-0.4, -0.2) is 42.9 Å². The van der Waals surface area contributed by atoms with Gasteiger partial charge in [0, 0.05) is 12.6 Å². The molecule has 0 bridgehead atoms. The van der Waals surface area contributed by atoms with Gasteiger partial charge in [0.05, 0.1) is 0 Å². The van der Waals surface area contributed by atoms with Gasteiger partial charge in [-0.25, -0.2) is 0 Å². The lowest BCUT2D eigenvalue weighted by Crippen LogP contribution is -2.46. The molecule has 1 rings (SSSR count). The standard InChI is InChI=1S/C11H20F2N2O/c1-8(2)15(11(16)10(12)13)7-9-4-3-5-14-6-9/h8-10,14H,3-7H2,1-2H3. The summed E-state index contributed by atoms with van der Waals surface area (Å²) in [6.07, 6.45) is -0.828. The van der Waals surface area contributed by atoms with Gasteiger partial charge in [-0.15, -0.1) is 0 Å². The Morgan fingerprint density at radius 1 is 1.50 bits per heavy atom. The van der Waals surface area contributed by atoms with E-state index in [2.05, 4.69) is 5.32 Å². The Morgan fingerprint density at radius 2 is 2.19 bits per heavy atom. The summed E-state index contributed by atoms with van der Waals surface area (Å²) in [5.74, 6) is -0.737. The lowest BCUT2D eigenvalue weighted by atomic mass is 9.98. The van der Waals surface area contributed by atoms with Crippen LogP contribution in [0.1, 0.15) is 26.7 Å². The topological polar surface area (TPSA) is 32.3 Å². The quantitative estimate of drug-likeness (QED) is 0.799. The Balaban J connectivity index is 2.53. The Hall–Kier alpha value is -0.710. The first-order valence-electron chi connectivity index (χ1n) is 5.81. The van der Waals surface area contributed by atoms with Crippen LogP contribution in [0.2, 0.25) is 0 Å². The van der Waals surface area contributed by atoms with E-state index in [0.29, 0.717) is 12.5 Å². The summed E-state index contributed by atoms with van der Waals surface area (Å²) in [7, 11) is 0. The third-order valence-electron chi connectivity index (χ3n) is 2.95. The molecule has 1 atom stereocenters. The number of carbonyl (C=O) groups excluding carboxylic acids is 1. The summed E-state index contributed by atoms with van der Waals surface area (Å²) in [6, 6.07) is -0.163. The second-order valence-corrected chi connectivity index (χ2v) is 4.60. The Labute approximate surface area is 95.2 Å². The molecule has 1 aliphatic heterocycles. The molecule has 0 aromatic rings. The van der Waals surface area contributed by atoms with Crippen LogP contribution in [0.4, 0.5) is 8.78 Å². The van der Waals surface area contributed by atoms with E-state index < -0.39 is 12.3 Å². The fourth-order valence-corrected chi connectivity index (χ4v) is 2.04. The van der Waals surface area contributed by atoms with Crippen LogP contribution < -0.4 is 5.32 Å². The number of amides is 1. The van der Waals surface area contributed by atoms with Crippen molar-refractivity contribution < 1.29 is 13.6 Å². The van der Waals surface area contributed by atoms with Gasteiger partial charge in [0.1, 0.15) is 0 Å². The SMILES string of the molecule is CC(C)N(CC1CCCNC1)C(=O)C(F)F. The molecule has 0 radical (unpaired) electrons. The number of alkyl halides is 2. The fourth-order valence-electron chi connectivity index (χ4n) is 2.04. The zero-order valence-electron chi connectivity index (χ0n) is 9.88. The molecule has 1 heterocycles. The summed E-state index contributed by atoms with van der Waals surface area (Å²) < 4.78 is 24.8. The van der Waals surface area contributed by atoms with E-state index in [1.165, 1.54) is 4.90 Å². The van der Waals surface area contributed by atoms with Crippen LogP contribution in [0.25, 0.3) is 0 Å². The second-order valence-electron chi connectivity index (χ2n) is 4.60. The monoisotopic (exact) mass is 234 g/mol. The molecule has 0 aromatic carbocycles. The highest BCUT2D eigenvalue weighted by molar-refractivity contribution is 5.79. The van der Waals surface area contributed by atoms with Gasteiger partial charge >= 0.3 is 6.43 Å². The molecule has 0 spiro atoms. The molecule has 5 heteroatoms. The van der Waals surface area contributed by atoms with Crippen molar-refractivity contribution in [1.29, 1.82) is 0 Å². The molecule has 1 unspecified atom stereocenters. The van der Waals surface area contributed by atoms with Crippen molar-refractivity contribution >= 4 is 5.91 Å². The zero-order valence-corrected chi connectivity index (χ0v) is 9.88. The summed E-state index contributed by atoms with van der Waals surface area (Å²) >= 11 is 0. The third kappa shape index (κ3) is 3.70. The average molecular weight is 234 g/mol. The van der Waals surface area contributed by atoms with E-state index in [0.717, 1.165) is 25.9 Å². The smallest absolute Gasteiger partial charge is 0.315 e. The molecule has 0 aliphatic carbocycles. The van der Waals surface area contributed by atoms with Gasteiger partial charge in [0.15, 0.2) is 0 Å². The molecule has 94 valence electrons. The minimum Gasteiger partial charge on any atom is -0.335 e. The fraction of sp³-hybridized carbons (Fsp3) is 0.909. The van der Waals surface area contributed by atoms with Crippen LogP contribution >= 0.6 is 0 Å². The van der Waals surface area contributed by atoms with Gasteiger partial charge in [-0.1, -0.05) is 0 Å². The van der Waals surface area contributed by atoms with E-state index in [9.17, 15) is 13.6 Å². The van der Waals surface area contributed by atoms with Crippen LogP contribution in [0.3, 0.4) is 0 Å². The highest BCUT2D eigenvalue weighted by Gasteiger charge is 2.28. The molecule has 1 amide bonds. The number of halogens is 2. The van der Waals surface area contributed by atoms with Crippen molar-refractivity contribution in [3.05, 3.63) is 0 Å². The first kappa shape index (κ1) is 13.4. The Kier molecular flexibility index (Phi) is 5.12. The summed E-state index contributed by atoms with van der Waals surface area (Å²) in [5, 5.41) is 3.22. The molecule has 0 saturated carbocycles. The summed E-state index contributed by atoms with van der Waals surface area (Å²) in [5.41, 5.74) is 0. The van der Waals surface area contributed by atoms with Crippen molar-refractivity contribution in [3.8, 4) is 0 Å². The first-order chi connectivity index (χ1) is 7.52. The number of nitrogens with zero attached hydrogens (tertiary/aromatic N) is 1. The Morgan fingerprint density at radius 3 is 2.62 bits per heavy atom. The van der Waals surface area contributed by atoms with Gasteiger partial charge < -0.3 is 10.2 Å². The molecule has 1 N–H and O–H groups in total. The van der Waals surface area contributed by atoms with Gasteiger partial charge in [-0.2, -0.15) is 8.78 Å². The van der Waals surface area contributed by atoms with E-state index in [-0.39, 0.29) is 6.04 Å². The maximum Gasteiger partial charge on any atom is 0.315 e. The lowest BCUT2D eigenvalue weighted by Gasteiger charge is -2.32. The zero-order chi connectivity index (χ0) is 12.1. The highest BCUT2D eigenvalue weighted by Crippen LogP contribution is 2.15. The molecule has 3 nitrogen and oxygen atoms in total.